The van der Waals surface area contributed by atoms with Gasteiger partial charge >= 0.3 is 0 Å². The van der Waals surface area contributed by atoms with Gasteiger partial charge in [-0.25, -0.2) is 8.42 Å². The molecule has 0 bridgehead atoms. The molecular weight excluding hydrogens is 354 g/mol. The zero-order valence-electron chi connectivity index (χ0n) is 16.3. The topological polar surface area (TPSA) is 82.5 Å². The van der Waals surface area contributed by atoms with Gasteiger partial charge in [0.25, 0.3) is 10.0 Å². The second-order valence-corrected chi connectivity index (χ2v) is 8.99. The molecule has 144 valence electrons. The SMILES string of the molecule is COc1ccc(OC)c(NS(=O)(=O)c2cn(C(C)C)nc2C(C)(C)C)c1. The van der Waals surface area contributed by atoms with Crippen LogP contribution in [0.25, 0.3) is 0 Å². The van der Waals surface area contributed by atoms with Gasteiger partial charge in [0.05, 0.1) is 25.6 Å². The Kier molecular flexibility index (Phi) is 5.55. The summed E-state index contributed by atoms with van der Waals surface area (Å²) in [4.78, 5) is 0.156. The third-order valence-electron chi connectivity index (χ3n) is 3.88. The van der Waals surface area contributed by atoms with Gasteiger partial charge in [-0.2, -0.15) is 5.10 Å². The number of anilines is 1. The zero-order valence-corrected chi connectivity index (χ0v) is 17.1. The number of hydrogen-bond donors (Lipinski definition) is 1. The third kappa shape index (κ3) is 4.12. The number of nitrogens with one attached hydrogen (secondary N) is 1. The van der Waals surface area contributed by atoms with E-state index in [9.17, 15) is 8.42 Å². The average molecular weight is 381 g/mol. The lowest BCUT2D eigenvalue weighted by molar-refractivity contribution is 0.405. The molecule has 26 heavy (non-hydrogen) atoms. The molecule has 2 rings (SSSR count). The smallest absolute Gasteiger partial charge is 0.265 e. The van der Waals surface area contributed by atoms with Crippen molar-refractivity contribution in [2.45, 2.75) is 51.0 Å². The molecule has 0 spiro atoms. The van der Waals surface area contributed by atoms with E-state index >= 15 is 0 Å². The molecule has 7 nitrogen and oxygen atoms in total. The molecule has 0 unspecified atom stereocenters. The van der Waals surface area contributed by atoms with Gasteiger partial charge in [0.15, 0.2) is 0 Å². The van der Waals surface area contributed by atoms with Gasteiger partial charge in [-0.05, 0) is 26.0 Å². The largest absolute Gasteiger partial charge is 0.497 e. The second kappa shape index (κ2) is 7.19. The lowest BCUT2D eigenvalue weighted by atomic mass is 9.92. The van der Waals surface area contributed by atoms with Crippen LogP contribution in [0, 0.1) is 0 Å². The van der Waals surface area contributed by atoms with E-state index in [0.29, 0.717) is 22.9 Å². The van der Waals surface area contributed by atoms with E-state index in [2.05, 4.69) is 9.82 Å². The minimum atomic E-state index is -3.87. The normalized spacial score (nSPS) is 12.3. The Bertz CT molecular complexity index is 880. The van der Waals surface area contributed by atoms with Crippen molar-refractivity contribution < 1.29 is 17.9 Å². The minimum absolute atomic E-state index is 0.0476. The maximum atomic E-state index is 13.1. The molecule has 1 N–H and O–H groups in total. The van der Waals surface area contributed by atoms with Crippen molar-refractivity contribution in [3.05, 3.63) is 30.1 Å². The van der Waals surface area contributed by atoms with Crippen molar-refractivity contribution in [2.24, 2.45) is 0 Å². The molecule has 2 aromatic rings. The van der Waals surface area contributed by atoms with Crippen LogP contribution < -0.4 is 14.2 Å². The van der Waals surface area contributed by atoms with Crippen LogP contribution in [0.3, 0.4) is 0 Å². The molecule has 0 saturated heterocycles. The van der Waals surface area contributed by atoms with Gasteiger partial charge in [-0.3, -0.25) is 9.40 Å². The highest BCUT2D eigenvalue weighted by molar-refractivity contribution is 7.92. The van der Waals surface area contributed by atoms with Crippen LogP contribution in [0.2, 0.25) is 0 Å². The van der Waals surface area contributed by atoms with Gasteiger partial charge < -0.3 is 9.47 Å². The van der Waals surface area contributed by atoms with Crippen molar-refractivity contribution in [3.8, 4) is 11.5 Å². The summed E-state index contributed by atoms with van der Waals surface area (Å²) < 4.78 is 40.9. The molecular formula is C18H27N3O4S. The summed E-state index contributed by atoms with van der Waals surface area (Å²) in [6, 6.07) is 4.99. The summed E-state index contributed by atoms with van der Waals surface area (Å²) in [6.07, 6.45) is 1.57. The fraction of sp³-hybridized carbons (Fsp3) is 0.500. The molecule has 0 saturated carbocycles. The van der Waals surface area contributed by atoms with Gasteiger partial charge in [-0.1, -0.05) is 20.8 Å². The molecule has 1 aromatic carbocycles. The Morgan fingerprint density at radius 1 is 1.15 bits per heavy atom. The highest BCUT2D eigenvalue weighted by atomic mass is 32.2. The highest BCUT2D eigenvalue weighted by Gasteiger charge is 2.31. The number of benzene rings is 1. The molecule has 0 amide bonds. The van der Waals surface area contributed by atoms with Crippen LogP contribution in [0.15, 0.2) is 29.3 Å². The van der Waals surface area contributed by atoms with Gasteiger partial charge in [0, 0.05) is 23.7 Å². The monoisotopic (exact) mass is 381 g/mol. The van der Waals surface area contributed by atoms with E-state index in [1.807, 2.05) is 34.6 Å². The standard InChI is InChI=1S/C18H27N3O4S/c1-12(2)21-11-16(17(19-21)18(3,4)5)26(22,23)20-14-10-13(24-6)8-9-15(14)25-7/h8-12,20H,1-7H3. The Labute approximate surface area is 155 Å². The van der Waals surface area contributed by atoms with Crippen LogP contribution in [0.4, 0.5) is 5.69 Å². The number of ether oxygens (including phenoxy) is 2. The molecule has 0 aliphatic carbocycles. The highest BCUT2D eigenvalue weighted by Crippen LogP contribution is 2.34. The summed E-state index contributed by atoms with van der Waals surface area (Å²) >= 11 is 0. The fourth-order valence-corrected chi connectivity index (χ4v) is 3.86. The first-order valence-electron chi connectivity index (χ1n) is 8.34. The Hall–Kier alpha value is -2.22. The minimum Gasteiger partial charge on any atom is -0.497 e. The average Bonchev–Trinajstić information content (AvgIpc) is 3.01. The zero-order chi connectivity index (χ0) is 19.7. The first-order chi connectivity index (χ1) is 12.0. The van der Waals surface area contributed by atoms with E-state index in [1.54, 1.807) is 29.1 Å². The quantitative estimate of drug-likeness (QED) is 0.827. The predicted octanol–water partition coefficient (Wildman–Crippen LogP) is 3.58. The molecule has 8 heteroatoms. The van der Waals surface area contributed by atoms with Crippen LogP contribution in [-0.2, 0) is 15.4 Å². The van der Waals surface area contributed by atoms with E-state index in [0.717, 1.165) is 0 Å². The predicted molar refractivity (Wildman–Crippen MR) is 102 cm³/mol. The van der Waals surface area contributed by atoms with Gasteiger partial charge in [0.2, 0.25) is 0 Å². The Morgan fingerprint density at radius 2 is 1.81 bits per heavy atom. The molecule has 1 aromatic heterocycles. The lowest BCUT2D eigenvalue weighted by Crippen LogP contribution is -2.20. The fourth-order valence-electron chi connectivity index (χ4n) is 2.45. The number of rotatable bonds is 6. The molecule has 0 aliphatic rings. The van der Waals surface area contributed by atoms with Crippen molar-refractivity contribution >= 4 is 15.7 Å². The van der Waals surface area contributed by atoms with Crippen LogP contribution in [-0.4, -0.2) is 32.4 Å². The first kappa shape index (κ1) is 20.1. The van der Waals surface area contributed by atoms with Crippen molar-refractivity contribution in [2.75, 3.05) is 18.9 Å². The maximum absolute atomic E-state index is 13.1. The summed E-state index contributed by atoms with van der Waals surface area (Å²) in [7, 11) is -0.865. The summed E-state index contributed by atoms with van der Waals surface area (Å²) in [5.74, 6) is 0.931. The first-order valence-corrected chi connectivity index (χ1v) is 9.82. The maximum Gasteiger partial charge on any atom is 0.265 e. The van der Waals surface area contributed by atoms with Crippen LogP contribution in [0.1, 0.15) is 46.4 Å². The molecule has 1 heterocycles. The second-order valence-electron chi connectivity index (χ2n) is 7.34. The summed E-state index contributed by atoms with van der Waals surface area (Å²) in [6.45, 7) is 9.71. The number of methoxy groups -OCH3 is 2. The lowest BCUT2D eigenvalue weighted by Gasteiger charge is -2.18. The number of aromatic nitrogens is 2. The molecule has 0 atom stereocenters. The van der Waals surface area contributed by atoms with Crippen molar-refractivity contribution in [1.29, 1.82) is 0 Å². The van der Waals surface area contributed by atoms with E-state index < -0.39 is 15.4 Å². The van der Waals surface area contributed by atoms with Crippen molar-refractivity contribution in [1.82, 2.24) is 9.78 Å². The summed E-state index contributed by atoms with van der Waals surface area (Å²) in [5, 5.41) is 4.51. The van der Waals surface area contributed by atoms with E-state index in [1.165, 1.54) is 14.2 Å². The van der Waals surface area contributed by atoms with E-state index in [-0.39, 0.29) is 10.9 Å². The number of nitrogens with zero attached hydrogens (tertiary/aromatic N) is 2. The Morgan fingerprint density at radius 3 is 2.31 bits per heavy atom. The molecule has 0 fully saturated rings. The van der Waals surface area contributed by atoms with Crippen LogP contribution in [0.5, 0.6) is 11.5 Å². The summed E-state index contributed by atoms with van der Waals surface area (Å²) in [5.41, 5.74) is 0.396. The van der Waals surface area contributed by atoms with Crippen LogP contribution >= 0.6 is 0 Å². The molecule has 0 aliphatic heterocycles. The van der Waals surface area contributed by atoms with Gasteiger partial charge in [0.1, 0.15) is 16.4 Å². The Balaban J connectivity index is 2.55. The van der Waals surface area contributed by atoms with Gasteiger partial charge in [-0.15, -0.1) is 0 Å². The number of hydrogen-bond acceptors (Lipinski definition) is 5. The van der Waals surface area contributed by atoms with Crippen molar-refractivity contribution in [3.63, 3.8) is 0 Å². The molecule has 0 radical (unpaired) electrons. The van der Waals surface area contributed by atoms with E-state index in [4.69, 9.17) is 9.47 Å². The third-order valence-corrected chi connectivity index (χ3v) is 5.24. The number of sulfonamides is 1.